The third kappa shape index (κ3) is 8.11. The van der Waals surface area contributed by atoms with E-state index in [0.717, 1.165) is 25.7 Å². The van der Waals surface area contributed by atoms with Crippen molar-refractivity contribution in [1.82, 2.24) is 19.4 Å². The lowest BCUT2D eigenvalue weighted by Crippen LogP contribution is -2.44. The van der Waals surface area contributed by atoms with Crippen molar-refractivity contribution in [2.45, 2.75) is 77.4 Å². The van der Waals surface area contributed by atoms with E-state index in [0.29, 0.717) is 47.2 Å². The Morgan fingerprint density at radius 2 is 1.70 bits per heavy atom. The zero-order valence-corrected chi connectivity index (χ0v) is 22.4. The van der Waals surface area contributed by atoms with Gasteiger partial charge in [-0.05, 0) is 62.9 Å². The third-order valence-corrected chi connectivity index (χ3v) is 6.78. The first-order valence-corrected chi connectivity index (χ1v) is 13.3. The Hall–Kier alpha value is -3.31. The Kier molecular flexibility index (Phi) is 8.94. The molecule has 4 rings (SSSR count). The van der Waals surface area contributed by atoms with Crippen molar-refractivity contribution in [2.75, 3.05) is 13.1 Å². The van der Waals surface area contributed by atoms with E-state index in [1.54, 1.807) is 12.3 Å². The standard InChI is InChI=1S/C28H32F6N4O2/c1-18(2)40-22-10-9-21(35-14-22)13-25-36-23-12-20(26(39)37(16-27(29,30)31)17-28(32,33)34)8-11-24(23)38(25)15-19-6-4-3-5-7-19/h8-12,14,18-19H,3-7,13,15-17H2,1-2H3. The number of hydrogen-bond acceptors (Lipinski definition) is 4. The molecule has 1 fully saturated rings. The molecule has 0 bridgehead atoms. The van der Waals surface area contributed by atoms with E-state index in [2.05, 4.69) is 9.97 Å². The summed E-state index contributed by atoms with van der Waals surface area (Å²) in [7, 11) is 0. The van der Waals surface area contributed by atoms with Gasteiger partial charge in [-0.25, -0.2) is 4.98 Å². The molecule has 0 radical (unpaired) electrons. The van der Waals surface area contributed by atoms with Gasteiger partial charge < -0.3 is 14.2 Å². The Morgan fingerprint density at radius 1 is 1.02 bits per heavy atom. The van der Waals surface area contributed by atoms with E-state index in [9.17, 15) is 31.1 Å². The molecule has 2 aromatic heterocycles. The van der Waals surface area contributed by atoms with Crippen molar-refractivity contribution in [3.8, 4) is 5.75 Å². The fraction of sp³-hybridized carbons (Fsp3) is 0.536. The molecule has 1 aromatic carbocycles. The molecule has 2 heterocycles. The van der Waals surface area contributed by atoms with Gasteiger partial charge in [0.2, 0.25) is 0 Å². The largest absolute Gasteiger partial charge is 0.489 e. The molecule has 1 aliphatic rings. The number of alkyl halides is 6. The molecule has 0 N–H and O–H groups in total. The molecule has 0 unspecified atom stereocenters. The van der Waals surface area contributed by atoms with Gasteiger partial charge in [-0.15, -0.1) is 0 Å². The summed E-state index contributed by atoms with van der Waals surface area (Å²) in [6, 6.07) is 7.72. The average molecular weight is 571 g/mol. The van der Waals surface area contributed by atoms with Gasteiger partial charge >= 0.3 is 12.4 Å². The number of halogens is 6. The quantitative estimate of drug-likeness (QED) is 0.261. The van der Waals surface area contributed by atoms with Gasteiger partial charge in [0, 0.05) is 24.2 Å². The van der Waals surface area contributed by atoms with Crippen LogP contribution in [0.25, 0.3) is 11.0 Å². The molecular formula is C28H32F6N4O2. The molecule has 3 aromatic rings. The molecule has 218 valence electrons. The number of amides is 1. The van der Waals surface area contributed by atoms with Crippen LogP contribution in [0.2, 0.25) is 0 Å². The molecule has 0 atom stereocenters. The van der Waals surface area contributed by atoms with E-state index in [4.69, 9.17) is 4.74 Å². The lowest BCUT2D eigenvalue weighted by Gasteiger charge is -2.25. The van der Waals surface area contributed by atoms with Crippen molar-refractivity contribution in [3.63, 3.8) is 0 Å². The van der Waals surface area contributed by atoms with Crippen LogP contribution in [0.15, 0.2) is 36.5 Å². The minimum absolute atomic E-state index is 0.00700. The summed E-state index contributed by atoms with van der Waals surface area (Å²) >= 11 is 0. The minimum Gasteiger partial charge on any atom is -0.489 e. The monoisotopic (exact) mass is 570 g/mol. The van der Waals surface area contributed by atoms with E-state index in [-0.39, 0.29) is 16.6 Å². The van der Waals surface area contributed by atoms with Crippen LogP contribution >= 0.6 is 0 Å². The van der Waals surface area contributed by atoms with Crippen molar-refractivity contribution in [2.24, 2.45) is 5.92 Å². The molecule has 1 saturated carbocycles. The number of carbonyl (C=O) groups excluding carboxylic acids is 1. The van der Waals surface area contributed by atoms with Crippen LogP contribution in [-0.4, -0.2) is 56.9 Å². The zero-order valence-electron chi connectivity index (χ0n) is 22.4. The SMILES string of the molecule is CC(C)Oc1ccc(Cc2nc3cc(C(=O)N(CC(F)(F)F)CC(F)(F)F)ccc3n2CC2CCCCC2)nc1. The highest BCUT2D eigenvalue weighted by molar-refractivity contribution is 5.97. The number of fused-ring (bicyclic) bond motifs is 1. The second kappa shape index (κ2) is 12.1. The number of hydrogen-bond donors (Lipinski definition) is 0. The molecule has 40 heavy (non-hydrogen) atoms. The second-order valence-corrected chi connectivity index (χ2v) is 10.6. The first-order chi connectivity index (χ1) is 18.8. The smallest absolute Gasteiger partial charge is 0.406 e. The highest BCUT2D eigenvalue weighted by Crippen LogP contribution is 2.29. The van der Waals surface area contributed by atoms with E-state index >= 15 is 0 Å². The summed E-state index contributed by atoms with van der Waals surface area (Å²) in [6.07, 6.45) is -2.47. The second-order valence-electron chi connectivity index (χ2n) is 10.6. The topological polar surface area (TPSA) is 60.2 Å². The van der Waals surface area contributed by atoms with Gasteiger partial charge in [0.05, 0.1) is 23.3 Å². The van der Waals surface area contributed by atoms with Crippen molar-refractivity contribution in [1.29, 1.82) is 0 Å². The molecule has 0 spiro atoms. The van der Waals surface area contributed by atoms with Crippen LogP contribution in [-0.2, 0) is 13.0 Å². The predicted octanol–water partition coefficient (Wildman–Crippen LogP) is 6.96. The Balaban J connectivity index is 1.67. The van der Waals surface area contributed by atoms with Crippen LogP contribution < -0.4 is 4.74 Å². The number of ether oxygens (including phenoxy) is 1. The lowest BCUT2D eigenvalue weighted by atomic mass is 9.89. The van der Waals surface area contributed by atoms with Crippen LogP contribution in [0.4, 0.5) is 26.3 Å². The maximum absolute atomic E-state index is 13.0. The van der Waals surface area contributed by atoms with Gasteiger partial charge in [0.15, 0.2) is 0 Å². The van der Waals surface area contributed by atoms with Crippen LogP contribution in [0.1, 0.15) is 67.8 Å². The fourth-order valence-electron chi connectivity index (χ4n) is 5.11. The predicted molar refractivity (Wildman–Crippen MR) is 137 cm³/mol. The van der Waals surface area contributed by atoms with Crippen molar-refractivity contribution >= 4 is 16.9 Å². The van der Waals surface area contributed by atoms with E-state index in [1.807, 2.05) is 30.5 Å². The van der Waals surface area contributed by atoms with E-state index < -0.39 is 31.3 Å². The number of nitrogens with zero attached hydrogens (tertiary/aromatic N) is 4. The highest BCUT2D eigenvalue weighted by Gasteiger charge is 2.40. The van der Waals surface area contributed by atoms with Crippen LogP contribution in [0.3, 0.4) is 0 Å². The molecule has 0 saturated heterocycles. The number of imidazole rings is 1. The number of rotatable bonds is 9. The summed E-state index contributed by atoms with van der Waals surface area (Å²) < 4.78 is 85.6. The Bertz CT molecular complexity index is 1280. The lowest BCUT2D eigenvalue weighted by molar-refractivity contribution is -0.171. The van der Waals surface area contributed by atoms with Gasteiger partial charge in [0.1, 0.15) is 24.7 Å². The number of carbonyl (C=O) groups is 1. The normalized spacial score (nSPS) is 15.1. The number of aromatic nitrogens is 3. The Labute approximate surface area is 228 Å². The zero-order chi connectivity index (χ0) is 29.1. The van der Waals surface area contributed by atoms with Gasteiger partial charge in [0.25, 0.3) is 5.91 Å². The molecule has 0 aliphatic heterocycles. The number of benzene rings is 1. The molecule has 6 nitrogen and oxygen atoms in total. The summed E-state index contributed by atoms with van der Waals surface area (Å²) in [4.78, 5) is 21.7. The third-order valence-electron chi connectivity index (χ3n) is 6.78. The first-order valence-electron chi connectivity index (χ1n) is 13.3. The fourth-order valence-corrected chi connectivity index (χ4v) is 5.11. The molecule has 1 amide bonds. The summed E-state index contributed by atoms with van der Waals surface area (Å²) in [5.41, 5.74) is 1.42. The van der Waals surface area contributed by atoms with Crippen molar-refractivity contribution < 1.29 is 35.9 Å². The maximum atomic E-state index is 13.0. The Morgan fingerprint density at radius 3 is 2.27 bits per heavy atom. The highest BCUT2D eigenvalue weighted by atomic mass is 19.4. The average Bonchev–Trinajstić information content (AvgIpc) is 3.19. The molecular weight excluding hydrogens is 538 g/mol. The maximum Gasteiger partial charge on any atom is 0.406 e. The minimum atomic E-state index is -4.98. The van der Waals surface area contributed by atoms with Crippen LogP contribution in [0, 0.1) is 5.92 Å². The molecule has 1 aliphatic carbocycles. The summed E-state index contributed by atoms with van der Waals surface area (Å²) in [5.74, 6) is 0.329. The summed E-state index contributed by atoms with van der Waals surface area (Å²) in [5, 5.41) is 0. The van der Waals surface area contributed by atoms with Crippen LogP contribution in [0.5, 0.6) is 5.75 Å². The number of pyridine rings is 1. The first kappa shape index (κ1) is 29.7. The van der Waals surface area contributed by atoms with Crippen molar-refractivity contribution in [3.05, 3.63) is 53.6 Å². The summed E-state index contributed by atoms with van der Waals surface area (Å²) in [6.45, 7) is 0.472. The molecule has 12 heteroatoms. The van der Waals surface area contributed by atoms with Gasteiger partial charge in [-0.2, -0.15) is 26.3 Å². The van der Waals surface area contributed by atoms with E-state index in [1.165, 1.54) is 18.6 Å². The van der Waals surface area contributed by atoms with Gasteiger partial charge in [-0.3, -0.25) is 9.78 Å². The van der Waals surface area contributed by atoms with Gasteiger partial charge in [-0.1, -0.05) is 19.3 Å².